The van der Waals surface area contributed by atoms with Crippen LogP contribution in [0, 0.1) is 5.82 Å². The van der Waals surface area contributed by atoms with Crippen LogP contribution in [-0.2, 0) is 6.54 Å². The molecule has 0 N–H and O–H groups in total. The van der Waals surface area contributed by atoms with Crippen LogP contribution in [0.25, 0.3) is 0 Å². The maximum Gasteiger partial charge on any atom is 0.150 e. The van der Waals surface area contributed by atoms with Crippen LogP contribution in [0.5, 0.6) is 5.75 Å². The molecule has 0 unspecified atom stereocenters. The summed E-state index contributed by atoms with van der Waals surface area (Å²) in [5.74, 6) is 0.598. The molecule has 1 fully saturated rings. The van der Waals surface area contributed by atoms with Crippen LogP contribution >= 0.6 is 0 Å². The van der Waals surface area contributed by atoms with E-state index in [-0.39, 0.29) is 5.82 Å². The molecule has 3 rings (SSSR count). The smallest absolute Gasteiger partial charge is 0.150 e. The molecule has 4 nitrogen and oxygen atoms in total. The number of ether oxygens (including phenoxy) is 1. The van der Waals surface area contributed by atoms with Crippen LogP contribution in [-0.4, -0.2) is 44.5 Å². The number of carbonyl (C=O) groups is 1. The van der Waals surface area contributed by atoms with Gasteiger partial charge in [0.2, 0.25) is 0 Å². The molecule has 1 aliphatic heterocycles. The average molecular weight is 328 g/mol. The zero-order valence-electron chi connectivity index (χ0n) is 13.7. The number of piperazine rings is 1. The fourth-order valence-corrected chi connectivity index (χ4v) is 3.05. The van der Waals surface area contributed by atoms with Crippen LogP contribution < -0.4 is 9.64 Å². The van der Waals surface area contributed by atoms with Gasteiger partial charge in [-0.15, -0.1) is 0 Å². The van der Waals surface area contributed by atoms with E-state index in [4.69, 9.17) is 4.74 Å². The molecule has 24 heavy (non-hydrogen) atoms. The van der Waals surface area contributed by atoms with E-state index >= 15 is 0 Å². The predicted molar refractivity (Wildman–Crippen MR) is 92.3 cm³/mol. The Morgan fingerprint density at radius 1 is 1.08 bits per heavy atom. The third-order valence-corrected chi connectivity index (χ3v) is 4.40. The quantitative estimate of drug-likeness (QED) is 0.790. The van der Waals surface area contributed by atoms with E-state index in [9.17, 15) is 9.18 Å². The van der Waals surface area contributed by atoms with Crippen molar-refractivity contribution in [3.8, 4) is 5.75 Å². The summed E-state index contributed by atoms with van der Waals surface area (Å²) in [4.78, 5) is 15.6. The second-order valence-electron chi connectivity index (χ2n) is 5.93. The van der Waals surface area contributed by atoms with Gasteiger partial charge in [-0.3, -0.25) is 9.69 Å². The van der Waals surface area contributed by atoms with E-state index in [0.717, 1.165) is 56.0 Å². The van der Waals surface area contributed by atoms with Crippen molar-refractivity contribution in [1.29, 1.82) is 0 Å². The number of carbonyl (C=O) groups excluding carboxylic acids is 1. The Hall–Kier alpha value is -2.40. The van der Waals surface area contributed by atoms with E-state index < -0.39 is 0 Å². The summed E-state index contributed by atoms with van der Waals surface area (Å²) in [6, 6.07) is 12.1. The van der Waals surface area contributed by atoms with Crippen molar-refractivity contribution in [2.45, 2.75) is 6.54 Å². The first-order valence-electron chi connectivity index (χ1n) is 8.04. The van der Waals surface area contributed by atoms with Crippen molar-refractivity contribution >= 4 is 12.0 Å². The molecule has 0 radical (unpaired) electrons. The van der Waals surface area contributed by atoms with E-state index in [1.165, 1.54) is 12.1 Å². The zero-order chi connectivity index (χ0) is 16.9. The second-order valence-corrected chi connectivity index (χ2v) is 5.93. The van der Waals surface area contributed by atoms with Crippen LogP contribution in [0.15, 0.2) is 42.5 Å². The fourth-order valence-electron chi connectivity index (χ4n) is 3.05. The molecule has 0 saturated carbocycles. The van der Waals surface area contributed by atoms with Crippen LogP contribution in [0.4, 0.5) is 10.1 Å². The lowest BCUT2D eigenvalue weighted by Gasteiger charge is -2.36. The number of anilines is 1. The minimum atomic E-state index is -0.209. The van der Waals surface area contributed by atoms with Gasteiger partial charge < -0.3 is 9.64 Å². The monoisotopic (exact) mass is 328 g/mol. The van der Waals surface area contributed by atoms with Gasteiger partial charge in [-0.1, -0.05) is 0 Å². The van der Waals surface area contributed by atoms with Crippen molar-refractivity contribution in [2.24, 2.45) is 0 Å². The molecule has 2 aromatic carbocycles. The molecule has 1 saturated heterocycles. The molecule has 5 heteroatoms. The van der Waals surface area contributed by atoms with Gasteiger partial charge in [-0.05, 0) is 42.5 Å². The average Bonchev–Trinajstić information content (AvgIpc) is 2.63. The van der Waals surface area contributed by atoms with Gasteiger partial charge in [-0.2, -0.15) is 0 Å². The number of methoxy groups -OCH3 is 1. The van der Waals surface area contributed by atoms with E-state index in [1.807, 2.05) is 24.3 Å². The van der Waals surface area contributed by atoms with Crippen molar-refractivity contribution in [2.75, 3.05) is 38.2 Å². The van der Waals surface area contributed by atoms with Gasteiger partial charge in [-0.25, -0.2) is 4.39 Å². The Labute approximate surface area is 141 Å². The highest BCUT2D eigenvalue weighted by molar-refractivity contribution is 5.75. The number of nitrogens with zero attached hydrogens (tertiary/aromatic N) is 2. The number of benzene rings is 2. The fraction of sp³-hybridized carbons (Fsp3) is 0.316. The molecule has 1 heterocycles. The Morgan fingerprint density at radius 3 is 2.42 bits per heavy atom. The number of halogens is 1. The lowest BCUT2D eigenvalue weighted by atomic mass is 10.1. The van der Waals surface area contributed by atoms with Gasteiger partial charge in [0.15, 0.2) is 0 Å². The normalized spacial score (nSPS) is 15.3. The summed E-state index contributed by atoms with van der Waals surface area (Å²) in [6.07, 6.45) is 0.857. The highest BCUT2D eigenvalue weighted by atomic mass is 19.1. The first kappa shape index (κ1) is 16.5. The van der Waals surface area contributed by atoms with E-state index in [1.54, 1.807) is 13.2 Å². The molecule has 0 amide bonds. The molecule has 0 bridgehead atoms. The number of aldehydes is 1. The van der Waals surface area contributed by atoms with Crippen molar-refractivity contribution < 1.29 is 13.9 Å². The van der Waals surface area contributed by atoms with Crippen LogP contribution in [0.2, 0.25) is 0 Å². The third-order valence-electron chi connectivity index (χ3n) is 4.40. The summed E-state index contributed by atoms with van der Waals surface area (Å²) in [5.41, 5.74) is 2.74. The Kier molecular flexibility index (Phi) is 5.11. The van der Waals surface area contributed by atoms with Gasteiger partial charge in [0.25, 0.3) is 0 Å². The standard InChI is InChI=1S/C19H21FN2O2/c1-24-19-7-2-15(14-23)12-16(19)13-21-8-10-22(11-9-21)18-5-3-17(20)4-6-18/h2-7,12,14H,8-11,13H2,1H3. The summed E-state index contributed by atoms with van der Waals surface area (Å²) in [6.45, 7) is 4.35. The Balaban J connectivity index is 1.63. The summed E-state index contributed by atoms with van der Waals surface area (Å²) >= 11 is 0. The molecule has 0 aliphatic carbocycles. The van der Waals surface area contributed by atoms with E-state index in [0.29, 0.717) is 5.56 Å². The Bertz CT molecular complexity index is 695. The minimum absolute atomic E-state index is 0.209. The second kappa shape index (κ2) is 7.45. The molecular weight excluding hydrogens is 307 g/mol. The summed E-state index contributed by atoms with van der Waals surface area (Å²) in [7, 11) is 1.64. The van der Waals surface area contributed by atoms with Gasteiger partial charge in [0.05, 0.1) is 7.11 Å². The molecule has 2 aromatic rings. The lowest BCUT2D eigenvalue weighted by Crippen LogP contribution is -2.46. The lowest BCUT2D eigenvalue weighted by molar-refractivity contribution is 0.112. The van der Waals surface area contributed by atoms with Crippen molar-refractivity contribution in [1.82, 2.24) is 4.90 Å². The number of hydrogen-bond donors (Lipinski definition) is 0. The zero-order valence-corrected chi connectivity index (χ0v) is 13.7. The SMILES string of the molecule is COc1ccc(C=O)cc1CN1CCN(c2ccc(F)cc2)CC1. The highest BCUT2D eigenvalue weighted by Crippen LogP contribution is 2.23. The molecule has 0 atom stereocenters. The van der Waals surface area contributed by atoms with Crippen molar-refractivity contribution in [3.05, 3.63) is 59.4 Å². The first-order chi connectivity index (χ1) is 11.7. The highest BCUT2D eigenvalue weighted by Gasteiger charge is 2.18. The number of hydrogen-bond acceptors (Lipinski definition) is 4. The third kappa shape index (κ3) is 3.74. The van der Waals surface area contributed by atoms with Crippen LogP contribution in [0.3, 0.4) is 0 Å². The maximum atomic E-state index is 13.0. The molecule has 0 aromatic heterocycles. The van der Waals surface area contributed by atoms with E-state index in [2.05, 4.69) is 9.80 Å². The molecular formula is C19H21FN2O2. The molecule has 1 aliphatic rings. The summed E-state index contributed by atoms with van der Waals surface area (Å²) < 4.78 is 18.4. The van der Waals surface area contributed by atoms with Crippen LogP contribution in [0.1, 0.15) is 15.9 Å². The molecule has 126 valence electrons. The summed E-state index contributed by atoms with van der Waals surface area (Å²) in [5, 5.41) is 0. The maximum absolute atomic E-state index is 13.0. The Morgan fingerprint density at radius 2 is 1.79 bits per heavy atom. The predicted octanol–water partition coefficient (Wildman–Crippen LogP) is 2.97. The van der Waals surface area contributed by atoms with Gasteiger partial charge in [0.1, 0.15) is 17.9 Å². The number of rotatable bonds is 5. The van der Waals surface area contributed by atoms with Crippen molar-refractivity contribution in [3.63, 3.8) is 0 Å². The topological polar surface area (TPSA) is 32.8 Å². The van der Waals surface area contributed by atoms with Gasteiger partial charge in [0, 0.05) is 49.5 Å². The molecule has 0 spiro atoms. The van der Waals surface area contributed by atoms with Gasteiger partial charge >= 0.3 is 0 Å². The largest absolute Gasteiger partial charge is 0.496 e. The first-order valence-corrected chi connectivity index (χ1v) is 8.04. The minimum Gasteiger partial charge on any atom is -0.496 e.